The van der Waals surface area contributed by atoms with E-state index in [1.54, 1.807) is 6.92 Å². The van der Waals surface area contributed by atoms with E-state index in [0.717, 1.165) is 5.56 Å². The van der Waals surface area contributed by atoms with E-state index in [1.165, 1.54) is 0 Å². The number of hydrogen-bond donors (Lipinski definition) is 1. The van der Waals surface area contributed by atoms with Gasteiger partial charge in [0, 0.05) is 18.5 Å². The number of aliphatic hydroxyl groups is 1. The molecule has 2 rings (SSSR count). The van der Waals surface area contributed by atoms with Gasteiger partial charge in [0.2, 0.25) is 0 Å². The van der Waals surface area contributed by atoms with E-state index >= 15 is 0 Å². The maximum Gasteiger partial charge on any atom is 0.254 e. The summed E-state index contributed by atoms with van der Waals surface area (Å²) in [6.07, 6.45) is -0.161. The fourth-order valence-corrected chi connectivity index (χ4v) is 2.60. The van der Waals surface area contributed by atoms with Gasteiger partial charge >= 0.3 is 0 Å². The summed E-state index contributed by atoms with van der Waals surface area (Å²) in [4.78, 5) is 11.2. The van der Waals surface area contributed by atoms with Crippen LogP contribution in [-0.2, 0) is 4.74 Å². The number of nitrogens with zero attached hydrogens (tertiary/aromatic N) is 1. The Kier molecular flexibility index (Phi) is 3.63. The molecule has 0 unspecified atom stereocenters. The van der Waals surface area contributed by atoms with Gasteiger partial charge in [-0.25, -0.2) is 0 Å². The highest BCUT2D eigenvalue weighted by molar-refractivity contribution is 5.22. The van der Waals surface area contributed by atoms with Crippen LogP contribution in [0.3, 0.4) is 0 Å². The first-order valence-corrected chi connectivity index (χ1v) is 6.02. The predicted molar refractivity (Wildman–Crippen MR) is 65.7 cm³/mol. The third-order valence-electron chi connectivity index (χ3n) is 3.79. The second-order valence-electron chi connectivity index (χ2n) is 4.82. The predicted octanol–water partition coefficient (Wildman–Crippen LogP) is 1.79. The fraction of sp³-hybridized carbons (Fsp3) is 0.538. The smallest absolute Gasteiger partial charge is 0.254 e. The summed E-state index contributed by atoms with van der Waals surface area (Å²) in [7, 11) is 0. The van der Waals surface area contributed by atoms with Crippen molar-refractivity contribution in [2.45, 2.75) is 25.0 Å². The van der Waals surface area contributed by atoms with Crippen LogP contribution >= 0.6 is 0 Å². The van der Waals surface area contributed by atoms with Crippen molar-refractivity contribution >= 4 is 0 Å². The molecule has 0 amide bonds. The van der Waals surface area contributed by atoms with Crippen LogP contribution in [0.2, 0.25) is 0 Å². The fourth-order valence-electron chi connectivity index (χ4n) is 2.60. The molecule has 1 N–H and O–H groups in total. The third-order valence-corrected chi connectivity index (χ3v) is 3.79. The summed E-state index contributed by atoms with van der Waals surface area (Å²) >= 11 is 0. The molecule has 98 valence electrons. The van der Waals surface area contributed by atoms with E-state index < -0.39 is 11.6 Å². The molecule has 1 aromatic carbocycles. The van der Waals surface area contributed by atoms with Gasteiger partial charge in [-0.2, -0.15) is 0 Å². The van der Waals surface area contributed by atoms with Gasteiger partial charge in [-0.15, -0.1) is 0 Å². The highest BCUT2D eigenvalue weighted by Gasteiger charge is 2.58. The zero-order valence-corrected chi connectivity index (χ0v) is 10.3. The summed E-state index contributed by atoms with van der Waals surface area (Å²) in [6, 6.07) is 9.24. The minimum atomic E-state index is -1.18. The lowest BCUT2D eigenvalue weighted by Crippen LogP contribution is -2.44. The second-order valence-corrected chi connectivity index (χ2v) is 4.82. The molecule has 5 heteroatoms. The Labute approximate surface area is 106 Å². The minimum absolute atomic E-state index is 0.0566. The molecule has 0 saturated carbocycles. The Bertz CT molecular complexity index is 422. The van der Waals surface area contributed by atoms with E-state index in [4.69, 9.17) is 9.84 Å². The van der Waals surface area contributed by atoms with E-state index in [-0.39, 0.29) is 17.4 Å². The van der Waals surface area contributed by atoms with Crippen LogP contribution in [0, 0.1) is 16.0 Å². The molecule has 18 heavy (non-hydrogen) atoms. The maximum atomic E-state index is 11.4. The van der Waals surface area contributed by atoms with Crippen LogP contribution < -0.4 is 0 Å². The Morgan fingerprint density at radius 2 is 2.17 bits per heavy atom. The highest BCUT2D eigenvalue weighted by Crippen LogP contribution is 2.45. The van der Waals surface area contributed by atoms with Crippen LogP contribution in [-0.4, -0.2) is 28.8 Å². The molecule has 1 aliphatic rings. The summed E-state index contributed by atoms with van der Waals surface area (Å²) in [6.45, 7) is 1.87. The van der Waals surface area contributed by atoms with Gasteiger partial charge in [-0.1, -0.05) is 30.3 Å². The zero-order valence-electron chi connectivity index (χ0n) is 10.3. The van der Waals surface area contributed by atoms with Crippen molar-refractivity contribution in [2.24, 2.45) is 5.92 Å². The Balaban J connectivity index is 2.34. The lowest BCUT2D eigenvalue weighted by molar-refractivity contribution is -0.580. The second kappa shape index (κ2) is 5.04. The van der Waals surface area contributed by atoms with Crippen molar-refractivity contribution < 1.29 is 14.8 Å². The Morgan fingerprint density at radius 1 is 1.50 bits per heavy atom. The molecule has 0 bridgehead atoms. The molecule has 0 aromatic heterocycles. The van der Waals surface area contributed by atoms with Crippen molar-refractivity contribution in [3.63, 3.8) is 0 Å². The number of hydrogen-bond acceptors (Lipinski definition) is 4. The molecule has 3 atom stereocenters. The Hall–Kier alpha value is -1.46. The van der Waals surface area contributed by atoms with Crippen LogP contribution in [0.15, 0.2) is 30.3 Å². The summed E-state index contributed by atoms with van der Waals surface area (Å²) in [5.74, 6) is -0.261. The summed E-state index contributed by atoms with van der Waals surface area (Å²) in [5.41, 5.74) is -0.360. The van der Waals surface area contributed by atoms with E-state index in [0.29, 0.717) is 13.0 Å². The average Bonchev–Trinajstić information content (AvgIpc) is 2.70. The van der Waals surface area contributed by atoms with E-state index in [2.05, 4.69) is 0 Å². The topological polar surface area (TPSA) is 72.6 Å². The summed E-state index contributed by atoms with van der Waals surface area (Å²) in [5, 5.41) is 20.5. The first kappa shape index (κ1) is 13.0. The van der Waals surface area contributed by atoms with Gasteiger partial charge in [-0.3, -0.25) is 10.1 Å². The van der Waals surface area contributed by atoms with Crippen molar-refractivity contribution in [1.82, 2.24) is 0 Å². The quantitative estimate of drug-likeness (QED) is 0.654. The molecule has 1 aromatic rings. The standard InChI is InChI=1S/C13H17NO4/c1-13(14(16)17)11(7-8-15)9-18-12(13)10-5-3-2-4-6-10/h2-6,11-12,15H,7-9H2,1H3/t11-,12+,13-/m0/s1. The minimum Gasteiger partial charge on any atom is -0.396 e. The summed E-state index contributed by atoms with van der Waals surface area (Å²) < 4.78 is 5.63. The van der Waals surface area contributed by atoms with Crippen LogP contribution in [0.5, 0.6) is 0 Å². The molecule has 0 spiro atoms. The monoisotopic (exact) mass is 251 g/mol. The molecule has 0 aliphatic carbocycles. The molecule has 0 radical (unpaired) electrons. The first-order valence-electron chi connectivity index (χ1n) is 6.02. The third kappa shape index (κ3) is 2.00. The maximum absolute atomic E-state index is 11.4. The first-order chi connectivity index (χ1) is 8.60. The SMILES string of the molecule is C[C@]1([N+](=O)[O-])[C@@H](CCO)CO[C@@H]1c1ccccc1. The van der Waals surface area contributed by atoms with E-state index in [9.17, 15) is 10.1 Å². The molecular weight excluding hydrogens is 234 g/mol. The van der Waals surface area contributed by atoms with Crippen LogP contribution in [0.1, 0.15) is 25.0 Å². The molecule has 5 nitrogen and oxygen atoms in total. The van der Waals surface area contributed by atoms with Gasteiger partial charge in [-0.05, 0) is 12.0 Å². The van der Waals surface area contributed by atoms with Crippen LogP contribution in [0.4, 0.5) is 0 Å². The zero-order chi connectivity index (χ0) is 13.2. The molecule has 1 heterocycles. The van der Waals surface area contributed by atoms with Crippen molar-refractivity contribution in [1.29, 1.82) is 0 Å². The molecule has 1 aliphatic heterocycles. The van der Waals surface area contributed by atoms with E-state index in [1.807, 2.05) is 30.3 Å². The van der Waals surface area contributed by atoms with Crippen molar-refractivity contribution in [3.05, 3.63) is 46.0 Å². The van der Waals surface area contributed by atoms with Gasteiger partial charge < -0.3 is 9.84 Å². The lowest BCUT2D eigenvalue weighted by atomic mass is 9.80. The van der Waals surface area contributed by atoms with Crippen molar-refractivity contribution in [2.75, 3.05) is 13.2 Å². The highest BCUT2D eigenvalue weighted by atomic mass is 16.6. The number of ether oxygens (including phenoxy) is 1. The molecule has 1 saturated heterocycles. The number of aliphatic hydroxyl groups excluding tert-OH is 1. The lowest BCUT2D eigenvalue weighted by Gasteiger charge is -2.26. The normalized spacial score (nSPS) is 31.4. The number of rotatable bonds is 4. The Morgan fingerprint density at radius 3 is 2.72 bits per heavy atom. The van der Waals surface area contributed by atoms with Gasteiger partial charge in [0.1, 0.15) is 0 Å². The van der Waals surface area contributed by atoms with Gasteiger partial charge in [0.15, 0.2) is 6.10 Å². The van der Waals surface area contributed by atoms with Crippen LogP contribution in [0.25, 0.3) is 0 Å². The van der Waals surface area contributed by atoms with Crippen molar-refractivity contribution in [3.8, 4) is 0 Å². The molecule has 1 fully saturated rings. The number of nitro groups is 1. The average molecular weight is 251 g/mol. The van der Waals surface area contributed by atoms with Gasteiger partial charge in [0.25, 0.3) is 5.54 Å². The largest absolute Gasteiger partial charge is 0.396 e. The molecular formula is C13H17NO4. The van der Waals surface area contributed by atoms with Gasteiger partial charge in [0.05, 0.1) is 12.5 Å². The number of benzene rings is 1.